The summed E-state index contributed by atoms with van der Waals surface area (Å²) in [5.41, 5.74) is 0. The summed E-state index contributed by atoms with van der Waals surface area (Å²) in [5, 5.41) is 3.57. The first-order chi connectivity index (χ1) is 8.50. The molecule has 1 amide bonds. The summed E-state index contributed by atoms with van der Waals surface area (Å²) in [7, 11) is 0. The number of hydrogen-bond acceptors (Lipinski definition) is 3. The van der Waals surface area contributed by atoms with Crippen molar-refractivity contribution < 1.29 is 4.79 Å². The zero-order chi connectivity index (χ0) is 13.3. The van der Waals surface area contributed by atoms with Gasteiger partial charge >= 0.3 is 0 Å². The molecule has 2 fully saturated rings. The van der Waals surface area contributed by atoms with E-state index in [1.54, 1.807) is 0 Å². The Kier molecular flexibility index (Phi) is 4.59. The summed E-state index contributed by atoms with van der Waals surface area (Å²) >= 11 is 1.98. The van der Waals surface area contributed by atoms with E-state index in [2.05, 4.69) is 37.9 Å². The van der Waals surface area contributed by atoms with Gasteiger partial charge in [0.25, 0.3) is 0 Å². The minimum atomic E-state index is 0.0444. The van der Waals surface area contributed by atoms with Crippen LogP contribution in [0.4, 0.5) is 0 Å². The molecule has 104 valence electrons. The SMILES string of the molecule is CC(C)CC1NC(C(C)C)N(C2CCSC2)C1=O. The van der Waals surface area contributed by atoms with E-state index >= 15 is 0 Å². The second-order valence-corrected chi connectivity index (χ2v) is 7.45. The van der Waals surface area contributed by atoms with Crippen LogP contribution in [-0.4, -0.2) is 40.6 Å². The van der Waals surface area contributed by atoms with E-state index in [1.165, 1.54) is 5.75 Å². The summed E-state index contributed by atoms with van der Waals surface area (Å²) < 4.78 is 0. The van der Waals surface area contributed by atoms with Crippen LogP contribution in [0.25, 0.3) is 0 Å². The molecule has 0 aliphatic carbocycles. The Hall–Kier alpha value is -0.220. The average molecular weight is 270 g/mol. The smallest absolute Gasteiger partial charge is 0.241 e. The molecule has 0 aromatic heterocycles. The van der Waals surface area contributed by atoms with Crippen molar-refractivity contribution in [2.75, 3.05) is 11.5 Å². The molecule has 3 nitrogen and oxygen atoms in total. The molecule has 0 saturated carbocycles. The lowest BCUT2D eigenvalue weighted by Crippen LogP contribution is -2.47. The molecule has 2 saturated heterocycles. The van der Waals surface area contributed by atoms with Crippen LogP contribution >= 0.6 is 11.8 Å². The van der Waals surface area contributed by atoms with Crippen LogP contribution in [-0.2, 0) is 4.79 Å². The maximum atomic E-state index is 12.6. The molecular weight excluding hydrogens is 244 g/mol. The summed E-state index contributed by atoms with van der Waals surface area (Å²) in [5.74, 6) is 3.71. The first-order valence-corrected chi connectivity index (χ1v) is 8.32. The summed E-state index contributed by atoms with van der Waals surface area (Å²) in [6.07, 6.45) is 2.36. The highest BCUT2D eigenvalue weighted by Crippen LogP contribution is 2.30. The van der Waals surface area contributed by atoms with Crippen LogP contribution in [0, 0.1) is 11.8 Å². The van der Waals surface area contributed by atoms with E-state index < -0.39 is 0 Å². The third kappa shape index (κ3) is 2.85. The topological polar surface area (TPSA) is 32.3 Å². The highest BCUT2D eigenvalue weighted by Gasteiger charge is 2.44. The predicted octanol–water partition coefficient (Wildman–Crippen LogP) is 2.32. The van der Waals surface area contributed by atoms with Crippen LogP contribution in [0.5, 0.6) is 0 Å². The van der Waals surface area contributed by atoms with Gasteiger partial charge in [-0.05, 0) is 30.4 Å². The summed E-state index contributed by atoms with van der Waals surface area (Å²) in [4.78, 5) is 14.8. The van der Waals surface area contributed by atoms with Crippen molar-refractivity contribution in [3.63, 3.8) is 0 Å². The molecule has 3 atom stereocenters. The predicted molar refractivity (Wildman–Crippen MR) is 77.6 cm³/mol. The lowest BCUT2D eigenvalue weighted by atomic mass is 10.0. The molecule has 0 aromatic rings. The van der Waals surface area contributed by atoms with Crippen molar-refractivity contribution in [3.05, 3.63) is 0 Å². The first kappa shape index (κ1) is 14.2. The fraction of sp³-hybridized carbons (Fsp3) is 0.929. The lowest BCUT2D eigenvalue weighted by Gasteiger charge is -2.32. The third-order valence-electron chi connectivity index (χ3n) is 3.86. The molecule has 2 rings (SSSR count). The van der Waals surface area contributed by atoms with Gasteiger partial charge in [0, 0.05) is 11.8 Å². The Morgan fingerprint density at radius 3 is 2.61 bits per heavy atom. The molecular formula is C14H26N2OS. The first-order valence-electron chi connectivity index (χ1n) is 7.16. The van der Waals surface area contributed by atoms with Crippen molar-refractivity contribution >= 4 is 17.7 Å². The van der Waals surface area contributed by atoms with Gasteiger partial charge in [0.2, 0.25) is 5.91 Å². The minimum absolute atomic E-state index is 0.0444. The van der Waals surface area contributed by atoms with Crippen LogP contribution in [0.3, 0.4) is 0 Å². The largest absolute Gasteiger partial charge is 0.322 e. The molecule has 18 heavy (non-hydrogen) atoms. The van der Waals surface area contributed by atoms with E-state index in [0.717, 1.165) is 18.6 Å². The van der Waals surface area contributed by atoms with E-state index in [0.29, 0.717) is 23.8 Å². The van der Waals surface area contributed by atoms with Gasteiger partial charge in [0.1, 0.15) is 0 Å². The molecule has 1 N–H and O–H groups in total. The molecule has 2 aliphatic heterocycles. The van der Waals surface area contributed by atoms with Gasteiger partial charge in [-0.15, -0.1) is 0 Å². The molecule has 2 heterocycles. The monoisotopic (exact) mass is 270 g/mol. The highest BCUT2D eigenvalue weighted by molar-refractivity contribution is 7.99. The van der Waals surface area contributed by atoms with Crippen molar-refractivity contribution in [1.29, 1.82) is 0 Å². The quantitative estimate of drug-likeness (QED) is 0.851. The number of amides is 1. The van der Waals surface area contributed by atoms with E-state index in [4.69, 9.17) is 0 Å². The van der Waals surface area contributed by atoms with Crippen LogP contribution < -0.4 is 5.32 Å². The van der Waals surface area contributed by atoms with Gasteiger partial charge in [0.15, 0.2) is 0 Å². The minimum Gasteiger partial charge on any atom is -0.322 e. The van der Waals surface area contributed by atoms with Crippen molar-refractivity contribution in [2.45, 2.75) is 58.8 Å². The second-order valence-electron chi connectivity index (χ2n) is 6.30. The standard InChI is InChI=1S/C14H26N2OS/c1-9(2)7-12-14(17)16(11-5-6-18-8-11)13(15-12)10(3)4/h9-13,15H,5-8H2,1-4H3. The Labute approximate surface area is 115 Å². The molecule has 0 aromatic carbocycles. The Balaban J connectivity index is 2.11. The average Bonchev–Trinajstić information content (AvgIpc) is 2.87. The Morgan fingerprint density at radius 2 is 2.11 bits per heavy atom. The van der Waals surface area contributed by atoms with Gasteiger partial charge in [-0.2, -0.15) is 11.8 Å². The van der Waals surface area contributed by atoms with Gasteiger partial charge in [-0.3, -0.25) is 10.1 Å². The fourth-order valence-corrected chi connectivity index (χ4v) is 4.18. The highest BCUT2D eigenvalue weighted by atomic mass is 32.2. The fourth-order valence-electron chi connectivity index (χ4n) is 2.98. The van der Waals surface area contributed by atoms with Crippen LogP contribution in [0.2, 0.25) is 0 Å². The number of nitrogens with one attached hydrogen (secondary N) is 1. The lowest BCUT2D eigenvalue weighted by molar-refractivity contribution is -0.132. The van der Waals surface area contributed by atoms with Gasteiger partial charge in [0.05, 0.1) is 12.2 Å². The number of nitrogens with zero attached hydrogens (tertiary/aromatic N) is 1. The Morgan fingerprint density at radius 1 is 1.39 bits per heavy atom. The zero-order valence-electron chi connectivity index (χ0n) is 12.0. The normalized spacial score (nSPS) is 33.1. The molecule has 0 bridgehead atoms. The zero-order valence-corrected chi connectivity index (χ0v) is 12.8. The van der Waals surface area contributed by atoms with Gasteiger partial charge < -0.3 is 4.90 Å². The van der Waals surface area contributed by atoms with E-state index in [1.807, 2.05) is 11.8 Å². The number of carbonyl (C=O) groups excluding carboxylic acids is 1. The summed E-state index contributed by atoms with van der Waals surface area (Å²) in [6.45, 7) is 8.79. The number of hydrogen-bond donors (Lipinski definition) is 1. The van der Waals surface area contributed by atoms with E-state index in [9.17, 15) is 4.79 Å². The van der Waals surface area contributed by atoms with Crippen LogP contribution in [0.1, 0.15) is 40.5 Å². The molecule has 4 heteroatoms. The number of rotatable bonds is 4. The Bertz CT molecular complexity index is 300. The van der Waals surface area contributed by atoms with E-state index in [-0.39, 0.29) is 12.2 Å². The van der Waals surface area contributed by atoms with Crippen molar-refractivity contribution in [2.24, 2.45) is 11.8 Å². The molecule has 0 spiro atoms. The maximum Gasteiger partial charge on any atom is 0.241 e. The second kappa shape index (κ2) is 5.83. The van der Waals surface area contributed by atoms with Crippen molar-refractivity contribution in [1.82, 2.24) is 10.2 Å². The molecule has 2 aliphatic rings. The van der Waals surface area contributed by atoms with Gasteiger partial charge in [-0.25, -0.2) is 0 Å². The van der Waals surface area contributed by atoms with Crippen molar-refractivity contribution in [3.8, 4) is 0 Å². The van der Waals surface area contributed by atoms with Crippen LogP contribution in [0.15, 0.2) is 0 Å². The number of carbonyl (C=O) groups is 1. The third-order valence-corrected chi connectivity index (χ3v) is 5.01. The number of thioether (sulfide) groups is 1. The maximum absolute atomic E-state index is 12.6. The van der Waals surface area contributed by atoms with Gasteiger partial charge in [-0.1, -0.05) is 27.7 Å². The molecule has 3 unspecified atom stereocenters. The molecule has 0 radical (unpaired) electrons. The summed E-state index contributed by atoms with van der Waals surface area (Å²) in [6, 6.07) is 0.502.